The molecule has 8 nitrogen and oxygen atoms in total. The molecule has 1 aliphatic heterocycles. The van der Waals surface area contributed by atoms with Crippen LogP contribution in [0.1, 0.15) is 29.3 Å². The normalized spacial score (nSPS) is 15.9. The standard InChI is InChI=1S/C26H21NO7/c1-3-32-17-11-9-16(10-12-17)27-22(18-8-5-13-33-18)21(24(29)26(27)30)23(28)20-14-15-6-4-7-19(31-2)25(15)34-20/h4-14,22,29H,3H2,1-2H3. The quantitative estimate of drug-likeness (QED) is 0.378. The van der Waals surface area contributed by atoms with Crippen molar-refractivity contribution in [2.75, 3.05) is 18.6 Å². The van der Waals surface area contributed by atoms with Crippen LogP contribution in [0.15, 0.2) is 87.1 Å². The third kappa shape index (κ3) is 3.40. The van der Waals surface area contributed by atoms with Crippen molar-refractivity contribution in [3.63, 3.8) is 0 Å². The number of carbonyl (C=O) groups excluding carboxylic acids is 2. The number of anilines is 1. The van der Waals surface area contributed by atoms with E-state index in [1.165, 1.54) is 18.3 Å². The van der Waals surface area contributed by atoms with Crippen molar-refractivity contribution in [1.82, 2.24) is 0 Å². The zero-order valence-electron chi connectivity index (χ0n) is 18.5. The summed E-state index contributed by atoms with van der Waals surface area (Å²) < 4.78 is 22.2. The summed E-state index contributed by atoms with van der Waals surface area (Å²) in [7, 11) is 1.50. The van der Waals surface area contributed by atoms with Gasteiger partial charge in [-0.15, -0.1) is 0 Å². The third-order valence-corrected chi connectivity index (χ3v) is 5.64. The average Bonchev–Trinajstić information content (AvgIpc) is 3.58. The number of carbonyl (C=O) groups is 2. The Labute approximate surface area is 194 Å². The molecule has 0 bridgehead atoms. The molecule has 0 radical (unpaired) electrons. The second-order valence-electron chi connectivity index (χ2n) is 7.60. The first kappa shape index (κ1) is 21.4. The van der Waals surface area contributed by atoms with E-state index in [0.29, 0.717) is 40.5 Å². The average molecular weight is 459 g/mol. The molecule has 0 fully saturated rings. The number of hydrogen-bond donors (Lipinski definition) is 1. The highest BCUT2D eigenvalue weighted by Crippen LogP contribution is 2.43. The maximum atomic E-state index is 13.6. The zero-order valence-corrected chi connectivity index (χ0v) is 18.5. The highest BCUT2D eigenvalue weighted by molar-refractivity contribution is 6.20. The van der Waals surface area contributed by atoms with Gasteiger partial charge in [-0.05, 0) is 55.5 Å². The van der Waals surface area contributed by atoms with Crippen molar-refractivity contribution in [2.45, 2.75) is 13.0 Å². The third-order valence-electron chi connectivity index (χ3n) is 5.64. The SMILES string of the molecule is CCOc1ccc(N2C(=O)C(O)=C(C(=O)c3cc4cccc(OC)c4o3)C2c2ccco2)cc1. The molecule has 1 unspecified atom stereocenters. The second-order valence-corrected chi connectivity index (χ2v) is 7.60. The maximum absolute atomic E-state index is 13.6. The van der Waals surface area contributed by atoms with E-state index < -0.39 is 23.5 Å². The van der Waals surface area contributed by atoms with E-state index in [1.807, 2.05) is 6.92 Å². The molecule has 5 rings (SSSR count). The van der Waals surface area contributed by atoms with Crippen molar-refractivity contribution >= 4 is 28.3 Å². The monoisotopic (exact) mass is 459 g/mol. The van der Waals surface area contributed by atoms with E-state index in [1.54, 1.807) is 60.7 Å². The van der Waals surface area contributed by atoms with Crippen LogP contribution in [0.3, 0.4) is 0 Å². The number of methoxy groups -OCH3 is 1. The van der Waals surface area contributed by atoms with Crippen LogP contribution in [0.25, 0.3) is 11.0 Å². The maximum Gasteiger partial charge on any atom is 0.294 e. The number of aliphatic hydroxyl groups is 1. The lowest BCUT2D eigenvalue weighted by molar-refractivity contribution is -0.117. The van der Waals surface area contributed by atoms with Gasteiger partial charge in [0.1, 0.15) is 17.6 Å². The summed E-state index contributed by atoms with van der Waals surface area (Å²) in [6.07, 6.45) is 1.44. The van der Waals surface area contributed by atoms with Gasteiger partial charge in [-0.2, -0.15) is 0 Å². The van der Waals surface area contributed by atoms with Crippen LogP contribution in [-0.2, 0) is 4.79 Å². The van der Waals surface area contributed by atoms with Gasteiger partial charge in [-0.1, -0.05) is 12.1 Å². The molecule has 0 spiro atoms. The van der Waals surface area contributed by atoms with Crippen LogP contribution in [0.4, 0.5) is 5.69 Å². The van der Waals surface area contributed by atoms with Gasteiger partial charge in [0, 0.05) is 11.1 Å². The molecule has 3 heterocycles. The molecular weight excluding hydrogens is 438 g/mol. The highest BCUT2D eigenvalue weighted by atomic mass is 16.5. The zero-order chi connectivity index (χ0) is 23.8. The van der Waals surface area contributed by atoms with Gasteiger partial charge < -0.3 is 23.4 Å². The molecule has 8 heteroatoms. The summed E-state index contributed by atoms with van der Waals surface area (Å²) >= 11 is 0. The number of nitrogens with zero attached hydrogens (tertiary/aromatic N) is 1. The van der Waals surface area contributed by atoms with Crippen LogP contribution < -0.4 is 14.4 Å². The molecule has 1 amide bonds. The number of benzene rings is 2. The molecular formula is C26H21NO7. The summed E-state index contributed by atoms with van der Waals surface area (Å²) in [5.41, 5.74) is 0.734. The van der Waals surface area contributed by atoms with Gasteiger partial charge in [0.2, 0.25) is 5.78 Å². The van der Waals surface area contributed by atoms with E-state index in [2.05, 4.69) is 0 Å². The van der Waals surface area contributed by atoms with Crippen LogP contribution in [-0.4, -0.2) is 30.5 Å². The molecule has 1 atom stereocenters. The first-order valence-corrected chi connectivity index (χ1v) is 10.7. The second kappa shape index (κ2) is 8.47. The summed E-state index contributed by atoms with van der Waals surface area (Å²) in [6, 6.07) is 16.0. The molecule has 2 aromatic carbocycles. The summed E-state index contributed by atoms with van der Waals surface area (Å²) in [6.45, 7) is 2.37. The lowest BCUT2D eigenvalue weighted by Crippen LogP contribution is -2.30. The molecule has 4 aromatic rings. The number of ether oxygens (including phenoxy) is 2. The predicted octanol–water partition coefficient (Wildman–Crippen LogP) is 5.22. The van der Waals surface area contributed by atoms with Crippen molar-refractivity contribution in [2.24, 2.45) is 0 Å². The first-order chi connectivity index (χ1) is 16.5. The van der Waals surface area contributed by atoms with Gasteiger partial charge >= 0.3 is 0 Å². The molecule has 1 aliphatic rings. The molecule has 2 aromatic heterocycles. The van der Waals surface area contributed by atoms with Crippen molar-refractivity contribution < 1.29 is 33.0 Å². The lowest BCUT2D eigenvalue weighted by Gasteiger charge is -2.25. The van der Waals surface area contributed by atoms with E-state index in [-0.39, 0.29) is 11.3 Å². The number of hydrogen-bond acceptors (Lipinski definition) is 7. The Kier molecular flexibility index (Phi) is 5.33. The molecule has 1 N–H and O–H groups in total. The Hall–Kier alpha value is -4.46. The molecule has 34 heavy (non-hydrogen) atoms. The van der Waals surface area contributed by atoms with Crippen molar-refractivity contribution in [3.8, 4) is 11.5 Å². The number of ketones is 1. The predicted molar refractivity (Wildman–Crippen MR) is 123 cm³/mol. The summed E-state index contributed by atoms with van der Waals surface area (Å²) in [5, 5.41) is 11.5. The van der Waals surface area contributed by atoms with Gasteiger partial charge in [0.15, 0.2) is 22.9 Å². The van der Waals surface area contributed by atoms with Gasteiger partial charge in [-0.3, -0.25) is 14.5 Å². The smallest absolute Gasteiger partial charge is 0.294 e. The molecule has 0 saturated carbocycles. The molecule has 0 aliphatic carbocycles. The van der Waals surface area contributed by atoms with Crippen LogP contribution in [0.5, 0.6) is 11.5 Å². The fourth-order valence-electron chi connectivity index (χ4n) is 4.13. The minimum atomic E-state index is -0.983. The minimum absolute atomic E-state index is 0.0288. The Bertz CT molecular complexity index is 1400. The van der Waals surface area contributed by atoms with E-state index in [0.717, 1.165) is 0 Å². The number of Topliss-reactive ketones (excluding diaryl/α,β-unsaturated/α-hetero) is 1. The fourth-order valence-corrected chi connectivity index (χ4v) is 4.13. The number of rotatable bonds is 7. The van der Waals surface area contributed by atoms with Gasteiger partial charge in [-0.25, -0.2) is 0 Å². The van der Waals surface area contributed by atoms with E-state index in [4.69, 9.17) is 18.3 Å². The minimum Gasteiger partial charge on any atom is -0.503 e. The van der Waals surface area contributed by atoms with Crippen molar-refractivity contribution in [3.05, 3.63) is 89.8 Å². The number of furan rings is 2. The van der Waals surface area contributed by atoms with Crippen LogP contribution in [0.2, 0.25) is 0 Å². The Morgan fingerprint density at radius 2 is 1.91 bits per heavy atom. The van der Waals surface area contributed by atoms with Crippen LogP contribution >= 0.6 is 0 Å². The van der Waals surface area contributed by atoms with E-state index >= 15 is 0 Å². The number of amides is 1. The Morgan fingerprint density at radius 3 is 2.59 bits per heavy atom. The number of para-hydroxylation sites is 1. The summed E-state index contributed by atoms with van der Waals surface area (Å²) in [5.74, 6) is -0.607. The summed E-state index contributed by atoms with van der Waals surface area (Å²) in [4.78, 5) is 28.1. The highest BCUT2D eigenvalue weighted by Gasteiger charge is 2.46. The molecule has 0 saturated heterocycles. The van der Waals surface area contributed by atoms with Gasteiger partial charge in [0.05, 0.1) is 25.6 Å². The number of fused-ring (bicyclic) bond motifs is 1. The Morgan fingerprint density at radius 1 is 1.12 bits per heavy atom. The van der Waals surface area contributed by atoms with Gasteiger partial charge in [0.25, 0.3) is 5.91 Å². The Balaban J connectivity index is 1.59. The largest absolute Gasteiger partial charge is 0.503 e. The topological polar surface area (TPSA) is 102 Å². The van der Waals surface area contributed by atoms with Crippen LogP contribution in [0, 0.1) is 0 Å². The molecule has 172 valence electrons. The van der Waals surface area contributed by atoms with Crippen molar-refractivity contribution in [1.29, 1.82) is 0 Å². The van der Waals surface area contributed by atoms with E-state index in [9.17, 15) is 14.7 Å². The fraction of sp³-hybridized carbons (Fsp3) is 0.154. The lowest BCUT2D eigenvalue weighted by atomic mass is 9.99. The first-order valence-electron chi connectivity index (χ1n) is 10.7. The number of aliphatic hydroxyl groups excluding tert-OH is 1.